The average molecular weight is 1150 g/mol. The van der Waals surface area contributed by atoms with Gasteiger partial charge >= 0.3 is 5.97 Å². The molecule has 83 heavy (non-hydrogen) atoms. The lowest BCUT2D eigenvalue weighted by Crippen LogP contribution is -2.57. The van der Waals surface area contributed by atoms with Crippen molar-refractivity contribution in [3.05, 3.63) is 175 Å². The molecular formula is C64H85F3N10O6. The number of carboxylic acids is 1. The molecule has 6 heterocycles. The maximum atomic E-state index is 13.6. The van der Waals surface area contributed by atoms with E-state index in [4.69, 9.17) is 5.11 Å². The van der Waals surface area contributed by atoms with Gasteiger partial charge in [-0.1, -0.05) is 36.4 Å². The Morgan fingerprint density at radius 2 is 0.880 bits per heavy atom. The zero-order valence-corrected chi connectivity index (χ0v) is 50.7. The van der Waals surface area contributed by atoms with E-state index in [1.165, 1.54) is 61.0 Å². The van der Waals surface area contributed by atoms with Crippen molar-refractivity contribution in [2.45, 2.75) is 139 Å². The molecule has 0 saturated carbocycles. The van der Waals surface area contributed by atoms with Crippen LogP contribution in [0.25, 0.3) is 0 Å². The van der Waals surface area contributed by atoms with Gasteiger partial charge in [0, 0.05) is 143 Å². The minimum atomic E-state index is -0.873. The number of hydrogen-bond acceptors (Lipinski definition) is 9. The van der Waals surface area contributed by atoms with Gasteiger partial charge in [-0.15, -0.1) is 0 Å². The molecule has 9 rings (SSSR count). The first-order chi connectivity index (χ1) is 39.1. The first-order valence-electron chi connectivity index (χ1n) is 28.4. The van der Waals surface area contributed by atoms with E-state index in [9.17, 15) is 37.1 Å². The average Bonchev–Trinajstić information content (AvgIpc) is 4.24. The summed E-state index contributed by atoms with van der Waals surface area (Å²) in [6.07, 6.45) is 0. The monoisotopic (exact) mass is 1150 g/mol. The van der Waals surface area contributed by atoms with Crippen molar-refractivity contribution in [1.82, 2.24) is 49.7 Å². The van der Waals surface area contributed by atoms with Crippen LogP contribution in [0, 0.1) is 59.0 Å². The normalized spacial score (nSPS) is 20.3. The summed E-state index contributed by atoms with van der Waals surface area (Å²) < 4.78 is 39.1. The number of aromatic nitrogens is 3. The highest BCUT2D eigenvalue weighted by Crippen LogP contribution is 2.27. The zero-order chi connectivity index (χ0) is 61.1. The van der Waals surface area contributed by atoms with Crippen molar-refractivity contribution >= 4 is 29.5 Å². The smallest absolute Gasteiger partial charge is 0.337 e. The highest BCUT2D eigenvalue weighted by atomic mass is 19.1. The second-order valence-electron chi connectivity index (χ2n) is 23.1. The first-order valence-corrected chi connectivity index (χ1v) is 28.4. The lowest BCUT2D eigenvalue weighted by molar-refractivity contribution is -0.124. The van der Waals surface area contributed by atoms with Gasteiger partial charge in [-0.05, 0) is 148 Å². The number of likely N-dealkylation sites (N-methyl/N-ethyl adjacent to an activating group) is 1. The second kappa shape index (κ2) is 28.8. The van der Waals surface area contributed by atoms with Gasteiger partial charge in [0.25, 0.3) is 23.5 Å². The number of benzene rings is 3. The Bertz CT molecular complexity index is 3170. The number of carbonyl (C=O) groups excluding carboxylic acids is 4. The number of carbonyl (C=O) groups is 5. The molecule has 19 heteroatoms. The zero-order valence-electron chi connectivity index (χ0n) is 50.7. The van der Waals surface area contributed by atoms with Gasteiger partial charge in [-0.25, -0.2) is 18.0 Å². The number of nitrogens with one attached hydrogen (secondary N) is 4. The van der Waals surface area contributed by atoms with E-state index in [-0.39, 0.29) is 64.6 Å². The molecule has 5 N–H and O–H groups in total. The number of halogens is 3. The largest absolute Gasteiger partial charge is 0.478 e. The van der Waals surface area contributed by atoms with Crippen LogP contribution >= 0.6 is 0 Å². The van der Waals surface area contributed by atoms with Crippen LogP contribution in [0.2, 0.25) is 0 Å². The van der Waals surface area contributed by atoms with Crippen LogP contribution in [0.3, 0.4) is 0 Å². The summed E-state index contributed by atoms with van der Waals surface area (Å²) in [5, 5.41) is 12.0. The number of piperazine rings is 3. The summed E-state index contributed by atoms with van der Waals surface area (Å²) in [6.45, 7) is 30.7. The van der Waals surface area contributed by atoms with E-state index >= 15 is 0 Å². The van der Waals surface area contributed by atoms with Crippen molar-refractivity contribution in [2.24, 2.45) is 0 Å². The summed E-state index contributed by atoms with van der Waals surface area (Å²) in [4.78, 5) is 83.3. The topological polar surface area (TPSA) is 184 Å². The number of carboxylic acid groups (broad SMARTS) is 1. The van der Waals surface area contributed by atoms with Crippen LogP contribution in [0.5, 0.6) is 0 Å². The van der Waals surface area contributed by atoms with Crippen LogP contribution in [0.4, 0.5) is 13.2 Å². The van der Waals surface area contributed by atoms with Crippen LogP contribution < -0.4 is 5.32 Å². The number of aromatic carboxylic acids is 1. The van der Waals surface area contributed by atoms with E-state index in [0.717, 1.165) is 66.5 Å². The molecule has 0 spiro atoms. The van der Waals surface area contributed by atoms with Gasteiger partial charge < -0.3 is 40.1 Å². The van der Waals surface area contributed by atoms with Crippen LogP contribution in [0.1, 0.15) is 134 Å². The predicted molar refractivity (Wildman–Crippen MR) is 318 cm³/mol. The summed E-state index contributed by atoms with van der Waals surface area (Å²) >= 11 is 0. The summed E-state index contributed by atoms with van der Waals surface area (Å²) in [5.74, 6) is -3.00. The SMILES string of the molecule is C[C@@H]1CN(Cc2ccc(F)cc2)[C@@H](C)CN1.Cc1[nH]c(C)c(C(=O)N2C[C@H](C)N(Cc3ccc(F)cc3)C[C@H]2C)c1C(=O)C(=O)N(C)C.Cc1cc(C(=O)N2C[C@H](C)N(Cc3ccc(F)cc3)C[C@H]2C)c(C)[nH]1.Cc1cc(C(=O)O)c(C)[nH]1. The molecule has 3 amide bonds. The minimum Gasteiger partial charge on any atom is -0.478 e. The summed E-state index contributed by atoms with van der Waals surface area (Å²) in [5.41, 5.74) is 9.47. The van der Waals surface area contributed by atoms with Gasteiger partial charge in [-0.2, -0.15) is 0 Å². The van der Waals surface area contributed by atoms with Crippen molar-refractivity contribution in [2.75, 3.05) is 53.4 Å². The molecule has 6 atom stereocenters. The number of hydrogen-bond donors (Lipinski definition) is 5. The summed E-state index contributed by atoms with van der Waals surface area (Å²) in [7, 11) is 3.03. The number of amides is 3. The molecule has 3 fully saturated rings. The Labute approximate surface area is 487 Å². The van der Waals surface area contributed by atoms with Crippen LogP contribution in [-0.4, -0.2) is 169 Å². The van der Waals surface area contributed by atoms with E-state index in [2.05, 4.69) is 62.7 Å². The number of ketones is 1. The van der Waals surface area contributed by atoms with Crippen LogP contribution in [-0.2, 0) is 24.4 Å². The fraction of sp³-hybridized carbons (Fsp3) is 0.453. The third-order valence-corrected chi connectivity index (χ3v) is 15.7. The lowest BCUT2D eigenvalue weighted by atomic mass is 10.00. The molecule has 448 valence electrons. The second-order valence-corrected chi connectivity index (χ2v) is 23.1. The first kappa shape index (κ1) is 64.8. The molecule has 3 aliphatic heterocycles. The van der Waals surface area contributed by atoms with Crippen molar-refractivity contribution in [1.29, 1.82) is 0 Å². The molecular weight excluding hydrogens is 1060 g/mol. The van der Waals surface area contributed by atoms with Gasteiger partial charge in [0.2, 0.25) is 0 Å². The third kappa shape index (κ3) is 17.1. The van der Waals surface area contributed by atoms with E-state index in [0.29, 0.717) is 60.9 Å². The van der Waals surface area contributed by atoms with E-state index < -0.39 is 17.7 Å². The fourth-order valence-electron chi connectivity index (χ4n) is 11.0. The number of aromatic amines is 3. The molecule has 0 bridgehead atoms. The van der Waals surface area contributed by atoms with E-state index in [1.54, 1.807) is 43.9 Å². The van der Waals surface area contributed by atoms with Crippen molar-refractivity contribution < 1.29 is 42.3 Å². The lowest BCUT2D eigenvalue weighted by Gasteiger charge is -2.44. The fourth-order valence-corrected chi connectivity index (χ4v) is 11.0. The number of nitrogens with zero attached hydrogens (tertiary/aromatic N) is 6. The molecule has 3 aromatic heterocycles. The minimum absolute atomic E-state index is 0.0723. The quantitative estimate of drug-likeness (QED) is 0.0619. The highest BCUT2D eigenvalue weighted by molar-refractivity contribution is 6.44. The number of H-pyrrole nitrogens is 3. The number of aryl methyl sites for hydroxylation is 6. The highest BCUT2D eigenvalue weighted by Gasteiger charge is 2.38. The standard InChI is InChI=1S/C24H31FN4O3.C20H26FN3O.C13H19FN2.C7H9NO2/c1-14-12-29(15(2)11-28(14)13-18-7-9-19(25)10-8-18)23(31)21-17(4)26-16(3)20(21)22(30)24(32)27(5)6;1-13-9-19(16(4)22-13)20(25)24-11-14(2)23(10-15(24)3)12-17-5-7-18(21)8-6-17;1-10-8-16(11(2)7-15-10)9-12-3-5-13(14)6-4-12;1-4-3-6(7(9)10)5(2)8-4/h7-10,14-15,26H,11-13H2,1-6H3;5-9,14-15,22H,10-12H2,1-4H3;3-6,10-11,15H,7-9H2,1-2H3;3,8H,1-2H3,(H,9,10)/t2*14-,15+;10-,11+;/m001./s1. The van der Waals surface area contributed by atoms with Gasteiger partial charge in [0.1, 0.15) is 17.5 Å². The molecule has 3 saturated heterocycles. The molecule has 16 nitrogen and oxygen atoms in total. The number of Topliss-reactive ketones (excluding diaryl/α,β-unsaturated/α-hetero) is 1. The molecule has 0 radical (unpaired) electrons. The van der Waals surface area contributed by atoms with Gasteiger partial charge in [0.05, 0.1) is 22.3 Å². The molecule has 3 aliphatic rings. The maximum absolute atomic E-state index is 13.6. The molecule has 3 aromatic carbocycles. The third-order valence-electron chi connectivity index (χ3n) is 15.7. The Morgan fingerprint density at radius 1 is 0.494 bits per heavy atom. The Balaban J connectivity index is 0.000000191. The van der Waals surface area contributed by atoms with E-state index in [1.807, 2.05) is 69.9 Å². The Hall–Kier alpha value is -7.32. The Morgan fingerprint density at radius 3 is 1.25 bits per heavy atom. The van der Waals surface area contributed by atoms with Crippen LogP contribution in [0.15, 0.2) is 84.9 Å². The van der Waals surface area contributed by atoms with Crippen molar-refractivity contribution in [3.8, 4) is 0 Å². The Kier molecular flexibility index (Phi) is 22.5. The molecule has 6 aromatic rings. The van der Waals surface area contributed by atoms with Crippen molar-refractivity contribution in [3.63, 3.8) is 0 Å². The van der Waals surface area contributed by atoms with Gasteiger partial charge in [0.15, 0.2) is 0 Å². The predicted octanol–water partition coefficient (Wildman–Crippen LogP) is 9.62. The number of rotatable bonds is 11. The maximum Gasteiger partial charge on any atom is 0.337 e. The molecule has 0 aliphatic carbocycles. The van der Waals surface area contributed by atoms with Gasteiger partial charge in [-0.3, -0.25) is 33.9 Å². The molecule has 0 unspecified atom stereocenters. The summed E-state index contributed by atoms with van der Waals surface area (Å²) in [6, 6.07) is 24.9.